The summed E-state index contributed by atoms with van der Waals surface area (Å²) in [6.45, 7) is 8.61. The third-order valence-electron chi connectivity index (χ3n) is 6.40. The molecule has 0 saturated carbocycles. The van der Waals surface area contributed by atoms with E-state index in [0.717, 1.165) is 49.8 Å². The summed E-state index contributed by atoms with van der Waals surface area (Å²) in [4.78, 5) is 9.73. The molecule has 1 aromatic heterocycles. The van der Waals surface area contributed by atoms with E-state index in [0.29, 0.717) is 0 Å². The van der Waals surface area contributed by atoms with Crippen molar-refractivity contribution in [3.8, 4) is 11.1 Å². The summed E-state index contributed by atoms with van der Waals surface area (Å²) in [6, 6.07) is 25.7. The van der Waals surface area contributed by atoms with E-state index in [9.17, 15) is 0 Å². The Bertz CT molecular complexity index is 1210. The highest BCUT2D eigenvalue weighted by molar-refractivity contribution is 6.30. The summed E-state index contributed by atoms with van der Waals surface area (Å²) in [5.74, 6) is 0. The van der Waals surface area contributed by atoms with Gasteiger partial charge >= 0.3 is 0 Å². The molecule has 0 spiro atoms. The minimum Gasteiger partial charge on any atom is -0.297 e. The molecule has 0 N–H and O–H groups in total. The van der Waals surface area contributed by atoms with E-state index in [-0.39, 0.29) is 0 Å². The first-order valence-electron chi connectivity index (χ1n) is 11.3. The Balaban J connectivity index is 1.23. The molecular formula is C28H28ClN3. The molecule has 4 heteroatoms. The topological polar surface area (TPSA) is 19.4 Å². The van der Waals surface area contributed by atoms with Gasteiger partial charge in [-0.15, -0.1) is 0 Å². The quantitative estimate of drug-likeness (QED) is 0.368. The molecule has 0 aliphatic carbocycles. The third kappa shape index (κ3) is 4.71. The Morgan fingerprint density at radius 1 is 0.750 bits per heavy atom. The fraction of sp³-hybridized carbons (Fsp3) is 0.250. The number of halogens is 1. The van der Waals surface area contributed by atoms with Gasteiger partial charge in [-0.05, 0) is 47.4 Å². The van der Waals surface area contributed by atoms with Gasteiger partial charge in [0, 0.05) is 61.4 Å². The van der Waals surface area contributed by atoms with E-state index in [2.05, 4.69) is 76.3 Å². The van der Waals surface area contributed by atoms with Crippen LogP contribution in [-0.2, 0) is 13.1 Å². The monoisotopic (exact) mass is 441 g/mol. The maximum Gasteiger partial charge on any atom is 0.0780 e. The molecule has 5 rings (SSSR count). The number of para-hydroxylation sites is 1. The van der Waals surface area contributed by atoms with Crippen molar-refractivity contribution in [2.24, 2.45) is 0 Å². The first kappa shape index (κ1) is 21.1. The Labute approximate surface area is 195 Å². The van der Waals surface area contributed by atoms with Crippen molar-refractivity contribution in [2.75, 3.05) is 26.2 Å². The maximum absolute atomic E-state index is 6.01. The molecule has 1 saturated heterocycles. The molecule has 0 unspecified atom stereocenters. The lowest BCUT2D eigenvalue weighted by Crippen LogP contribution is -2.45. The van der Waals surface area contributed by atoms with Crippen molar-refractivity contribution < 1.29 is 0 Å². The molecule has 1 aliphatic heterocycles. The second-order valence-corrected chi connectivity index (χ2v) is 9.15. The van der Waals surface area contributed by atoms with Crippen LogP contribution in [0.15, 0.2) is 79.0 Å². The van der Waals surface area contributed by atoms with Gasteiger partial charge in [-0.2, -0.15) is 0 Å². The number of aromatic nitrogens is 1. The number of pyridine rings is 1. The van der Waals surface area contributed by atoms with E-state index >= 15 is 0 Å². The Morgan fingerprint density at radius 3 is 2.12 bits per heavy atom. The van der Waals surface area contributed by atoms with Crippen molar-refractivity contribution in [1.29, 1.82) is 0 Å². The van der Waals surface area contributed by atoms with Gasteiger partial charge in [-0.1, -0.05) is 66.2 Å². The van der Waals surface area contributed by atoms with Gasteiger partial charge in [0.15, 0.2) is 0 Å². The lowest BCUT2D eigenvalue weighted by Gasteiger charge is -2.34. The van der Waals surface area contributed by atoms with E-state index in [1.165, 1.54) is 33.2 Å². The Kier molecular flexibility index (Phi) is 6.22. The average Bonchev–Trinajstić information content (AvgIpc) is 2.82. The van der Waals surface area contributed by atoms with Crippen LogP contribution in [0.1, 0.15) is 16.7 Å². The van der Waals surface area contributed by atoms with Crippen LogP contribution < -0.4 is 0 Å². The van der Waals surface area contributed by atoms with Gasteiger partial charge < -0.3 is 0 Å². The van der Waals surface area contributed by atoms with Crippen molar-refractivity contribution in [3.05, 3.63) is 101 Å². The van der Waals surface area contributed by atoms with Gasteiger partial charge in [0.1, 0.15) is 0 Å². The molecule has 3 nitrogen and oxygen atoms in total. The van der Waals surface area contributed by atoms with E-state index in [4.69, 9.17) is 11.6 Å². The van der Waals surface area contributed by atoms with Gasteiger partial charge in [0.25, 0.3) is 0 Å². The molecule has 0 amide bonds. The summed E-state index contributed by atoms with van der Waals surface area (Å²) < 4.78 is 0. The first-order valence-corrected chi connectivity index (χ1v) is 11.7. The lowest BCUT2D eigenvalue weighted by molar-refractivity contribution is 0.122. The number of hydrogen-bond donors (Lipinski definition) is 0. The molecule has 32 heavy (non-hydrogen) atoms. The van der Waals surface area contributed by atoms with E-state index in [1.54, 1.807) is 0 Å². The van der Waals surface area contributed by atoms with Gasteiger partial charge in [-0.3, -0.25) is 14.8 Å². The number of rotatable bonds is 5. The minimum absolute atomic E-state index is 0.802. The number of hydrogen-bond acceptors (Lipinski definition) is 3. The van der Waals surface area contributed by atoms with Crippen LogP contribution in [-0.4, -0.2) is 41.0 Å². The predicted molar refractivity (Wildman–Crippen MR) is 134 cm³/mol. The van der Waals surface area contributed by atoms with Crippen molar-refractivity contribution in [3.63, 3.8) is 0 Å². The number of benzene rings is 3. The maximum atomic E-state index is 6.01. The van der Waals surface area contributed by atoms with Crippen LogP contribution in [0, 0.1) is 6.92 Å². The van der Waals surface area contributed by atoms with E-state index < -0.39 is 0 Å². The van der Waals surface area contributed by atoms with Crippen LogP contribution >= 0.6 is 11.6 Å². The highest BCUT2D eigenvalue weighted by Gasteiger charge is 2.17. The smallest absolute Gasteiger partial charge is 0.0780 e. The largest absolute Gasteiger partial charge is 0.297 e. The second kappa shape index (κ2) is 9.41. The van der Waals surface area contributed by atoms with Crippen molar-refractivity contribution in [1.82, 2.24) is 14.8 Å². The molecule has 1 fully saturated rings. The molecule has 0 radical (unpaired) electrons. The number of aryl methyl sites for hydroxylation is 1. The Hall–Kier alpha value is -2.72. The lowest BCUT2D eigenvalue weighted by atomic mass is 9.96. The SMILES string of the molecule is Cc1cc(CN2CCN(Cc3ccc(Cl)cc3)CC2)ccc1-c1cccc2cccnc12. The molecule has 162 valence electrons. The minimum atomic E-state index is 0.802. The zero-order chi connectivity index (χ0) is 21.9. The van der Waals surface area contributed by atoms with Gasteiger partial charge in [0.05, 0.1) is 5.52 Å². The van der Waals surface area contributed by atoms with Crippen LogP contribution in [0.5, 0.6) is 0 Å². The van der Waals surface area contributed by atoms with Crippen molar-refractivity contribution in [2.45, 2.75) is 20.0 Å². The fourth-order valence-corrected chi connectivity index (χ4v) is 4.79. The standard InChI is InChI=1S/C28H28ClN3/c1-21-18-23(9-12-26(21)27-6-2-4-24-5-3-13-30-28(24)27)20-32-16-14-31(15-17-32)19-22-7-10-25(29)11-8-22/h2-13,18H,14-17,19-20H2,1H3. The number of piperazine rings is 1. The van der Waals surface area contributed by atoms with Crippen LogP contribution in [0.25, 0.3) is 22.0 Å². The van der Waals surface area contributed by atoms with Crippen LogP contribution in [0.4, 0.5) is 0 Å². The highest BCUT2D eigenvalue weighted by Crippen LogP contribution is 2.30. The molecule has 4 aromatic rings. The fourth-order valence-electron chi connectivity index (χ4n) is 4.66. The van der Waals surface area contributed by atoms with Crippen LogP contribution in [0.2, 0.25) is 5.02 Å². The highest BCUT2D eigenvalue weighted by atomic mass is 35.5. The van der Waals surface area contributed by atoms with Gasteiger partial charge in [0.2, 0.25) is 0 Å². The summed E-state index contributed by atoms with van der Waals surface area (Å²) in [7, 11) is 0. The molecular weight excluding hydrogens is 414 g/mol. The predicted octanol–water partition coefficient (Wildman–Crippen LogP) is 6.18. The van der Waals surface area contributed by atoms with E-state index in [1.807, 2.05) is 24.4 Å². The normalized spacial score (nSPS) is 15.3. The third-order valence-corrected chi connectivity index (χ3v) is 6.66. The molecule has 0 bridgehead atoms. The van der Waals surface area contributed by atoms with Crippen LogP contribution in [0.3, 0.4) is 0 Å². The van der Waals surface area contributed by atoms with Gasteiger partial charge in [-0.25, -0.2) is 0 Å². The molecule has 0 atom stereocenters. The average molecular weight is 442 g/mol. The summed E-state index contributed by atoms with van der Waals surface area (Å²) in [5.41, 5.74) is 7.57. The summed E-state index contributed by atoms with van der Waals surface area (Å²) in [6.07, 6.45) is 1.88. The summed E-state index contributed by atoms with van der Waals surface area (Å²) >= 11 is 6.01. The zero-order valence-electron chi connectivity index (χ0n) is 18.5. The molecule has 3 aromatic carbocycles. The Morgan fingerprint density at radius 2 is 1.41 bits per heavy atom. The molecule has 2 heterocycles. The molecule has 1 aliphatic rings. The second-order valence-electron chi connectivity index (χ2n) is 8.71. The van der Waals surface area contributed by atoms with Crippen molar-refractivity contribution >= 4 is 22.5 Å². The number of nitrogens with zero attached hydrogens (tertiary/aromatic N) is 3. The zero-order valence-corrected chi connectivity index (χ0v) is 19.2. The first-order chi connectivity index (χ1) is 15.7. The number of fused-ring (bicyclic) bond motifs is 1. The summed E-state index contributed by atoms with van der Waals surface area (Å²) in [5, 5.41) is 1.99.